The van der Waals surface area contributed by atoms with Crippen LogP contribution in [0.1, 0.15) is 36.2 Å². The van der Waals surface area contributed by atoms with Crippen molar-refractivity contribution in [1.29, 1.82) is 0 Å². The summed E-state index contributed by atoms with van der Waals surface area (Å²) in [6.07, 6.45) is 5.42. The van der Waals surface area contributed by atoms with Gasteiger partial charge in [0, 0.05) is 30.9 Å². The minimum Gasteiger partial charge on any atom is -0.480 e. The summed E-state index contributed by atoms with van der Waals surface area (Å²) in [6.45, 7) is 4.33. The van der Waals surface area contributed by atoms with E-state index in [0.29, 0.717) is 13.0 Å². The van der Waals surface area contributed by atoms with Gasteiger partial charge in [-0.3, -0.25) is 9.48 Å². The molecule has 0 saturated carbocycles. The third-order valence-electron chi connectivity index (χ3n) is 4.03. The van der Waals surface area contributed by atoms with E-state index in [1.54, 1.807) is 10.8 Å². The summed E-state index contributed by atoms with van der Waals surface area (Å²) in [4.78, 5) is 24.9. The van der Waals surface area contributed by atoms with Gasteiger partial charge in [0.2, 0.25) is 5.91 Å². The molecule has 1 atom stereocenters. The first-order chi connectivity index (χ1) is 9.91. The Hall–Kier alpha value is -2.11. The van der Waals surface area contributed by atoms with E-state index in [4.69, 9.17) is 0 Å². The molecule has 6 heteroatoms. The second kappa shape index (κ2) is 6.11. The van der Waals surface area contributed by atoms with Gasteiger partial charge in [0.1, 0.15) is 6.04 Å². The number of aromatic nitrogens is 2. The van der Waals surface area contributed by atoms with Gasteiger partial charge in [-0.25, -0.2) is 4.79 Å². The van der Waals surface area contributed by atoms with Gasteiger partial charge in [0.25, 0.3) is 0 Å². The van der Waals surface area contributed by atoms with E-state index in [9.17, 15) is 14.7 Å². The summed E-state index contributed by atoms with van der Waals surface area (Å²) >= 11 is 0. The predicted octanol–water partition coefficient (Wildman–Crippen LogP) is 1.52. The van der Waals surface area contributed by atoms with Crippen molar-refractivity contribution in [2.45, 2.75) is 39.2 Å². The molecular weight excluding hydrogens is 270 g/mol. The molecule has 21 heavy (non-hydrogen) atoms. The Balaban J connectivity index is 2.16. The molecule has 1 unspecified atom stereocenters. The summed E-state index contributed by atoms with van der Waals surface area (Å²) in [7, 11) is 1.85. The molecule has 0 aromatic carbocycles. The number of rotatable bonds is 3. The first-order valence-electron chi connectivity index (χ1n) is 7.13. The van der Waals surface area contributed by atoms with Crippen molar-refractivity contribution in [2.75, 3.05) is 6.54 Å². The van der Waals surface area contributed by atoms with Crippen LogP contribution < -0.4 is 0 Å². The third kappa shape index (κ3) is 3.15. The number of nitrogens with zero attached hydrogens (tertiary/aromatic N) is 3. The number of aryl methyl sites for hydroxylation is 2. The van der Waals surface area contributed by atoms with Gasteiger partial charge >= 0.3 is 5.97 Å². The highest BCUT2D eigenvalue weighted by Gasteiger charge is 2.30. The molecule has 1 amide bonds. The van der Waals surface area contributed by atoms with Crippen molar-refractivity contribution in [3.8, 4) is 0 Å². The van der Waals surface area contributed by atoms with E-state index in [0.717, 1.165) is 29.8 Å². The monoisotopic (exact) mass is 291 g/mol. The van der Waals surface area contributed by atoms with Crippen LogP contribution in [-0.2, 0) is 16.6 Å². The lowest BCUT2D eigenvalue weighted by Crippen LogP contribution is -2.47. The number of carbonyl (C=O) groups is 2. The van der Waals surface area contributed by atoms with Crippen LogP contribution in [0.5, 0.6) is 0 Å². The van der Waals surface area contributed by atoms with Crippen molar-refractivity contribution < 1.29 is 14.7 Å². The van der Waals surface area contributed by atoms with Gasteiger partial charge in [-0.15, -0.1) is 0 Å². The third-order valence-corrected chi connectivity index (χ3v) is 4.03. The SMILES string of the molecule is Cc1nn(C)c(C)c1/C=C/C(=O)N1CCCCC1C(=O)O. The Morgan fingerprint density at radius 3 is 2.62 bits per heavy atom. The van der Waals surface area contributed by atoms with Crippen LogP contribution in [0, 0.1) is 13.8 Å². The van der Waals surface area contributed by atoms with Gasteiger partial charge < -0.3 is 10.0 Å². The summed E-state index contributed by atoms with van der Waals surface area (Å²) in [6, 6.07) is -0.702. The summed E-state index contributed by atoms with van der Waals surface area (Å²) in [5.74, 6) is -1.17. The quantitative estimate of drug-likeness (QED) is 0.857. The summed E-state index contributed by atoms with van der Waals surface area (Å²) in [5, 5.41) is 13.5. The van der Waals surface area contributed by atoms with Crippen LogP contribution in [0.4, 0.5) is 0 Å². The molecule has 0 aliphatic carbocycles. The maximum absolute atomic E-state index is 12.3. The van der Waals surface area contributed by atoms with E-state index in [1.807, 2.05) is 20.9 Å². The highest BCUT2D eigenvalue weighted by Crippen LogP contribution is 2.19. The molecule has 1 aromatic heterocycles. The fourth-order valence-electron chi connectivity index (χ4n) is 2.73. The zero-order valence-electron chi connectivity index (χ0n) is 12.7. The van der Waals surface area contributed by atoms with E-state index < -0.39 is 12.0 Å². The Kier molecular flexibility index (Phi) is 4.45. The highest BCUT2D eigenvalue weighted by atomic mass is 16.4. The Morgan fingerprint density at radius 2 is 2.05 bits per heavy atom. The summed E-state index contributed by atoms with van der Waals surface area (Å²) < 4.78 is 1.76. The number of hydrogen-bond donors (Lipinski definition) is 1. The van der Waals surface area contributed by atoms with Gasteiger partial charge in [-0.2, -0.15) is 5.10 Å². The van der Waals surface area contributed by atoms with Crippen molar-refractivity contribution in [1.82, 2.24) is 14.7 Å². The number of piperidine rings is 1. The van der Waals surface area contributed by atoms with Crippen molar-refractivity contribution in [3.63, 3.8) is 0 Å². The van der Waals surface area contributed by atoms with E-state index >= 15 is 0 Å². The Bertz CT molecular complexity index is 589. The lowest BCUT2D eigenvalue weighted by molar-refractivity contribution is -0.150. The molecule has 2 heterocycles. The topological polar surface area (TPSA) is 75.4 Å². The lowest BCUT2D eigenvalue weighted by atomic mass is 10.0. The fourth-order valence-corrected chi connectivity index (χ4v) is 2.73. The second-order valence-corrected chi connectivity index (χ2v) is 5.42. The van der Waals surface area contributed by atoms with Crippen LogP contribution in [0.25, 0.3) is 6.08 Å². The molecular formula is C15H21N3O3. The number of aliphatic carboxylic acids is 1. The maximum Gasteiger partial charge on any atom is 0.326 e. The molecule has 1 saturated heterocycles. The summed E-state index contributed by atoms with van der Waals surface area (Å²) in [5.41, 5.74) is 2.74. The normalized spacial score (nSPS) is 19.2. The number of carboxylic acids is 1. The molecule has 1 fully saturated rings. The van der Waals surface area contributed by atoms with Gasteiger partial charge in [-0.05, 0) is 39.2 Å². The number of carboxylic acid groups (broad SMARTS) is 1. The first kappa shape index (κ1) is 15.3. The molecule has 1 aliphatic heterocycles. The van der Waals surface area contributed by atoms with Crippen LogP contribution in [0.2, 0.25) is 0 Å². The van der Waals surface area contributed by atoms with E-state index in [2.05, 4.69) is 5.10 Å². The average molecular weight is 291 g/mol. The van der Waals surface area contributed by atoms with Gasteiger partial charge in [-0.1, -0.05) is 0 Å². The minimum absolute atomic E-state index is 0.246. The molecule has 0 spiro atoms. The van der Waals surface area contributed by atoms with Crippen molar-refractivity contribution in [2.24, 2.45) is 7.05 Å². The van der Waals surface area contributed by atoms with Crippen LogP contribution in [-0.4, -0.2) is 44.3 Å². The second-order valence-electron chi connectivity index (χ2n) is 5.42. The maximum atomic E-state index is 12.3. The molecule has 1 N–H and O–H groups in total. The molecule has 114 valence electrons. The average Bonchev–Trinajstić information content (AvgIpc) is 2.70. The minimum atomic E-state index is -0.926. The van der Waals surface area contributed by atoms with Crippen molar-refractivity contribution >= 4 is 18.0 Å². The van der Waals surface area contributed by atoms with E-state index in [1.165, 1.54) is 11.0 Å². The Morgan fingerprint density at radius 1 is 1.33 bits per heavy atom. The molecule has 0 bridgehead atoms. The van der Waals surface area contributed by atoms with Crippen LogP contribution in [0.3, 0.4) is 0 Å². The smallest absolute Gasteiger partial charge is 0.326 e. The lowest BCUT2D eigenvalue weighted by Gasteiger charge is -2.32. The Labute approximate surface area is 124 Å². The van der Waals surface area contributed by atoms with Crippen LogP contribution >= 0.6 is 0 Å². The highest BCUT2D eigenvalue weighted by molar-refractivity contribution is 5.94. The van der Waals surface area contributed by atoms with Gasteiger partial charge in [0.05, 0.1) is 5.69 Å². The molecule has 2 rings (SSSR count). The first-order valence-corrected chi connectivity index (χ1v) is 7.13. The number of carbonyl (C=O) groups excluding carboxylic acids is 1. The zero-order chi connectivity index (χ0) is 15.6. The van der Waals surface area contributed by atoms with E-state index in [-0.39, 0.29) is 5.91 Å². The van der Waals surface area contributed by atoms with Gasteiger partial charge in [0.15, 0.2) is 0 Å². The zero-order valence-corrected chi connectivity index (χ0v) is 12.7. The predicted molar refractivity (Wildman–Crippen MR) is 78.7 cm³/mol. The number of likely N-dealkylation sites (tertiary alicyclic amines) is 1. The van der Waals surface area contributed by atoms with Crippen LogP contribution in [0.15, 0.2) is 6.08 Å². The standard InChI is InChI=1S/C15H21N3O3/c1-10-12(11(2)17(3)16-10)7-8-14(19)18-9-5-4-6-13(18)15(20)21/h7-8,13H,4-6,9H2,1-3H3,(H,20,21)/b8-7+. The largest absolute Gasteiger partial charge is 0.480 e. The molecule has 1 aromatic rings. The molecule has 0 radical (unpaired) electrons. The number of hydrogen-bond acceptors (Lipinski definition) is 3. The number of amides is 1. The molecule has 6 nitrogen and oxygen atoms in total. The molecule has 1 aliphatic rings. The van der Waals surface area contributed by atoms with Crippen molar-refractivity contribution in [3.05, 3.63) is 23.0 Å². The fraction of sp³-hybridized carbons (Fsp3) is 0.533.